The number of aliphatic hydroxyl groups is 1. The topological polar surface area (TPSA) is 149 Å². The lowest BCUT2D eigenvalue weighted by Gasteiger charge is -2.20. The van der Waals surface area contributed by atoms with Crippen molar-refractivity contribution >= 4 is 18.0 Å². The molecule has 0 heterocycles. The van der Waals surface area contributed by atoms with Gasteiger partial charge < -0.3 is 25.6 Å². The highest BCUT2D eigenvalue weighted by atomic mass is 16.5. The molecule has 1 aromatic carbocycles. The van der Waals surface area contributed by atoms with Gasteiger partial charge >= 0.3 is 12.1 Å². The van der Waals surface area contributed by atoms with Crippen LogP contribution in [0.5, 0.6) is 0 Å². The van der Waals surface area contributed by atoms with E-state index in [1.54, 1.807) is 24.3 Å². The lowest BCUT2D eigenvalue weighted by atomic mass is 9.99. The number of amides is 2. The Bertz CT molecular complexity index is 673. The lowest BCUT2D eigenvalue weighted by Crippen LogP contribution is -2.46. The number of alkyl carbamates (subject to hydrolysis) is 1. The van der Waals surface area contributed by atoms with Crippen LogP contribution in [0, 0.1) is 17.2 Å². The SMILES string of the molecule is C[C@H](CC#N)[C@H](NC(=O)C[C@@H](O)CNC(=O)OCc1ccccc1)C(=O)O. The highest BCUT2D eigenvalue weighted by Crippen LogP contribution is 2.08. The highest BCUT2D eigenvalue weighted by molar-refractivity contribution is 5.84. The maximum absolute atomic E-state index is 11.9. The molecule has 1 rings (SSSR count). The maximum atomic E-state index is 11.9. The van der Waals surface area contributed by atoms with Gasteiger partial charge in [0.25, 0.3) is 0 Å². The number of hydrogen-bond acceptors (Lipinski definition) is 6. The molecule has 0 saturated carbocycles. The number of rotatable bonds is 10. The van der Waals surface area contributed by atoms with Crippen LogP contribution in [0.2, 0.25) is 0 Å². The number of aliphatic hydroxyl groups excluding tert-OH is 1. The molecule has 0 bridgehead atoms. The molecule has 0 aliphatic carbocycles. The number of nitriles is 1. The molecule has 9 nitrogen and oxygen atoms in total. The van der Waals surface area contributed by atoms with Crippen LogP contribution in [0.4, 0.5) is 4.79 Å². The first kappa shape index (κ1) is 21.9. The van der Waals surface area contributed by atoms with Crippen molar-refractivity contribution in [3.63, 3.8) is 0 Å². The van der Waals surface area contributed by atoms with Crippen LogP contribution in [0.25, 0.3) is 0 Å². The number of carboxylic acid groups (broad SMARTS) is 1. The molecule has 0 saturated heterocycles. The van der Waals surface area contributed by atoms with Crippen molar-refractivity contribution in [2.24, 2.45) is 5.92 Å². The van der Waals surface area contributed by atoms with Crippen LogP contribution in [-0.4, -0.2) is 46.9 Å². The monoisotopic (exact) mass is 377 g/mol. The Morgan fingerprint density at radius 1 is 1.26 bits per heavy atom. The van der Waals surface area contributed by atoms with Crippen molar-refractivity contribution in [1.29, 1.82) is 5.26 Å². The molecular formula is C18H23N3O6. The summed E-state index contributed by atoms with van der Waals surface area (Å²) in [5, 5.41) is 32.2. The van der Waals surface area contributed by atoms with Crippen molar-refractivity contribution < 1.29 is 29.3 Å². The van der Waals surface area contributed by atoms with Crippen LogP contribution in [0.3, 0.4) is 0 Å². The average Bonchev–Trinajstić information content (AvgIpc) is 2.63. The summed E-state index contributed by atoms with van der Waals surface area (Å²) in [7, 11) is 0. The van der Waals surface area contributed by atoms with Gasteiger partial charge in [-0.2, -0.15) is 5.26 Å². The van der Waals surface area contributed by atoms with E-state index in [9.17, 15) is 19.5 Å². The molecule has 0 unspecified atom stereocenters. The second-order valence-electron chi connectivity index (χ2n) is 6.02. The second-order valence-corrected chi connectivity index (χ2v) is 6.02. The standard InChI is InChI=1S/C18H23N3O6/c1-12(7-8-19)16(17(24)25)21-15(23)9-14(22)10-20-18(26)27-11-13-5-3-2-4-6-13/h2-6,12,14,16,22H,7,9-11H2,1H3,(H,20,26)(H,21,23)(H,24,25)/t12-,14-,16+/m1/s1. The Balaban J connectivity index is 2.34. The summed E-state index contributed by atoms with van der Waals surface area (Å²) in [4.78, 5) is 34.6. The van der Waals surface area contributed by atoms with E-state index in [1.165, 1.54) is 6.92 Å². The van der Waals surface area contributed by atoms with E-state index in [2.05, 4.69) is 10.6 Å². The molecule has 9 heteroatoms. The van der Waals surface area contributed by atoms with Crippen LogP contribution in [0.15, 0.2) is 30.3 Å². The second kappa shape index (κ2) is 11.5. The van der Waals surface area contributed by atoms with Gasteiger partial charge in [0.2, 0.25) is 5.91 Å². The minimum atomic E-state index is -1.26. The van der Waals surface area contributed by atoms with Crippen molar-refractivity contribution in [3.05, 3.63) is 35.9 Å². The van der Waals surface area contributed by atoms with E-state index in [0.29, 0.717) is 0 Å². The maximum Gasteiger partial charge on any atom is 0.407 e. The predicted molar refractivity (Wildman–Crippen MR) is 94.2 cm³/mol. The lowest BCUT2D eigenvalue weighted by molar-refractivity contribution is -0.143. The quantitative estimate of drug-likeness (QED) is 0.471. The average molecular weight is 377 g/mol. The fourth-order valence-electron chi connectivity index (χ4n) is 2.20. The summed E-state index contributed by atoms with van der Waals surface area (Å²) < 4.78 is 4.97. The minimum absolute atomic E-state index is 0.0331. The molecule has 146 valence electrons. The van der Waals surface area contributed by atoms with Gasteiger partial charge in [-0.1, -0.05) is 37.3 Å². The number of carbonyl (C=O) groups is 3. The molecule has 3 atom stereocenters. The highest BCUT2D eigenvalue weighted by Gasteiger charge is 2.27. The van der Waals surface area contributed by atoms with E-state index in [1.807, 2.05) is 12.1 Å². The van der Waals surface area contributed by atoms with Gasteiger partial charge in [-0.05, 0) is 5.56 Å². The Kier molecular flexibility index (Phi) is 9.33. The first-order valence-electron chi connectivity index (χ1n) is 8.35. The first-order valence-corrected chi connectivity index (χ1v) is 8.35. The predicted octanol–water partition coefficient (Wildman–Crippen LogP) is 0.783. The Hall–Kier alpha value is -3.12. The molecule has 0 aliphatic rings. The van der Waals surface area contributed by atoms with Gasteiger partial charge in [0.1, 0.15) is 12.6 Å². The summed E-state index contributed by atoms with van der Waals surface area (Å²) in [5.74, 6) is -2.54. The fraction of sp³-hybridized carbons (Fsp3) is 0.444. The van der Waals surface area contributed by atoms with E-state index in [-0.39, 0.29) is 19.6 Å². The summed E-state index contributed by atoms with van der Waals surface area (Å²) in [6, 6.07) is 9.65. The molecular weight excluding hydrogens is 354 g/mol. The Morgan fingerprint density at radius 2 is 1.93 bits per heavy atom. The zero-order valence-electron chi connectivity index (χ0n) is 14.9. The molecule has 0 fully saturated rings. The molecule has 0 aliphatic heterocycles. The molecule has 0 spiro atoms. The van der Waals surface area contributed by atoms with Gasteiger partial charge in [-0.15, -0.1) is 0 Å². The molecule has 1 aromatic rings. The zero-order valence-corrected chi connectivity index (χ0v) is 14.9. The number of benzene rings is 1. The van der Waals surface area contributed by atoms with Crippen molar-refractivity contribution in [3.8, 4) is 6.07 Å². The molecule has 0 aromatic heterocycles. The number of carboxylic acids is 1. The van der Waals surface area contributed by atoms with E-state index in [4.69, 9.17) is 15.1 Å². The van der Waals surface area contributed by atoms with E-state index < -0.39 is 42.5 Å². The molecule has 0 radical (unpaired) electrons. The molecule has 27 heavy (non-hydrogen) atoms. The largest absolute Gasteiger partial charge is 0.480 e. The van der Waals surface area contributed by atoms with Gasteiger partial charge in [-0.25, -0.2) is 9.59 Å². The molecule has 4 N–H and O–H groups in total. The van der Waals surface area contributed by atoms with Crippen LogP contribution >= 0.6 is 0 Å². The van der Waals surface area contributed by atoms with Crippen molar-refractivity contribution in [1.82, 2.24) is 10.6 Å². The number of hydrogen-bond donors (Lipinski definition) is 4. The van der Waals surface area contributed by atoms with Gasteiger partial charge in [0, 0.05) is 18.9 Å². The summed E-state index contributed by atoms with van der Waals surface area (Å²) in [6.45, 7) is 1.37. The Labute approximate surface area is 156 Å². The van der Waals surface area contributed by atoms with E-state index >= 15 is 0 Å². The number of aliphatic carboxylic acids is 1. The van der Waals surface area contributed by atoms with Crippen LogP contribution in [-0.2, 0) is 20.9 Å². The third kappa shape index (κ3) is 8.69. The number of ether oxygens (including phenoxy) is 1. The number of nitrogens with zero attached hydrogens (tertiary/aromatic N) is 1. The fourth-order valence-corrected chi connectivity index (χ4v) is 2.20. The van der Waals surface area contributed by atoms with Gasteiger partial charge in [0.15, 0.2) is 0 Å². The summed E-state index contributed by atoms with van der Waals surface area (Å²) in [6.07, 6.45) is -2.39. The minimum Gasteiger partial charge on any atom is -0.480 e. The van der Waals surface area contributed by atoms with Crippen LogP contribution in [0.1, 0.15) is 25.3 Å². The van der Waals surface area contributed by atoms with Crippen molar-refractivity contribution in [2.45, 2.75) is 38.5 Å². The van der Waals surface area contributed by atoms with Gasteiger partial charge in [0.05, 0.1) is 18.6 Å². The zero-order chi connectivity index (χ0) is 20.2. The normalized spacial score (nSPS) is 13.5. The van der Waals surface area contributed by atoms with Crippen molar-refractivity contribution in [2.75, 3.05) is 6.54 Å². The third-order valence-corrected chi connectivity index (χ3v) is 3.68. The number of carbonyl (C=O) groups excluding carboxylic acids is 2. The Morgan fingerprint density at radius 3 is 2.52 bits per heavy atom. The van der Waals surface area contributed by atoms with E-state index in [0.717, 1.165) is 5.56 Å². The summed E-state index contributed by atoms with van der Waals surface area (Å²) >= 11 is 0. The smallest absolute Gasteiger partial charge is 0.407 e. The van der Waals surface area contributed by atoms with Crippen LogP contribution < -0.4 is 10.6 Å². The first-order chi connectivity index (χ1) is 12.8. The number of nitrogens with one attached hydrogen (secondary N) is 2. The summed E-state index contributed by atoms with van der Waals surface area (Å²) in [5.41, 5.74) is 0.804. The van der Waals surface area contributed by atoms with Gasteiger partial charge in [-0.3, -0.25) is 4.79 Å². The molecule has 2 amide bonds. The third-order valence-electron chi connectivity index (χ3n) is 3.68.